The molecule has 0 aliphatic carbocycles. The fourth-order valence-corrected chi connectivity index (χ4v) is 3.15. The summed E-state index contributed by atoms with van der Waals surface area (Å²) in [4.78, 5) is 0. The molecule has 1 atom stereocenters. The normalized spacial score (nSPS) is 17.7. The first-order valence-corrected chi connectivity index (χ1v) is 7.96. The maximum absolute atomic E-state index is 5.46. The van der Waals surface area contributed by atoms with E-state index in [9.17, 15) is 0 Å². The van der Waals surface area contributed by atoms with Crippen molar-refractivity contribution >= 4 is 21.6 Å². The molecule has 21 heavy (non-hydrogen) atoms. The number of hydrogen-bond acceptors (Lipinski definition) is 3. The van der Waals surface area contributed by atoms with Gasteiger partial charge in [-0.2, -0.15) is 0 Å². The SMILES string of the molecule is COc1ccc(Br)cc1NC1CCNCc2ccccc21. The summed E-state index contributed by atoms with van der Waals surface area (Å²) in [6.45, 7) is 1.94. The molecular formula is C17H19BrN2O. The molecule has 0 saturated carbocycles. The van der Waals surface area contributed by atoms with Gasteiger partial charge in [0.25, 0.3) is 0 Å². The molecular weight excluding hydrogens is 328 g/mol. The average molecular weight is 347 g/mol. The van der Waals surface area contributed by atoms with Crippen LogP contribution >= 0.6 is 15.9 Å². The zero-order valence-electron chi connectivity index (χ0n) is 12.0. The predicted molar refractivity (Wildman–Crippen MR) is 89.8 cm³/mol. The fraction of sp³-hybridized carbons (Fsp3) is 0.294. The van der Waals surface area contributed by atoms with E-state index in [2.05, 4.69) is 56.9 Å². The van der Waals surface area contributed by atoms with Gasteiger partial charge in [-0.3, -0.25) is 0 Å². The summed E-state index contributed by atoms with van der Waals surface area (Å²) in [6, 6.07) is 14.9. The number of anilines is 1. The summed E-state index contributed by atoms with van der Waals surface area (Å²) >= 11 is 3.53. The molecule has 0 saturated heterocycles. The zero-order valence-corrected chi connectivity index (χ0v) is 13.6. The van der Waals surface area contributed by atoms with Gasteiger partial charge in [-0.25, -0.2) is 0 Å². The number of hydrogen-bond donors (Lipinski definition) is 2. The van der Waals surface area contributed by atoms with Crippen LogP contribution in [0.15, 0.2) is 46.9 Å². The van der Waals surface area contributed by atoms with Crippen LogP contribution in [0, 0.1) is 0 Å². The van der Waals surface area contributed by atoms with Crippen LogP contribution in [0.1, 0.15) is 23.6 Å². The highest BCUT2D eigenvalue weighted by molar-refractivity contribution is 9.10. The molecule has 0 aromatic heterocycles. The van der Waals surface area contributed by atoms with Crippen molar-refractivity contribution in [2.45, 2.75) is 19.0 Å². The Kier molecular flexibility index (Phi) is 4.46. The molecule has 1 aliphatic rings. The Hall–Kier alpha value is -1.52. The number of fused-ring (bicyclic) bond motifs is 1. The van der Waals surface area contributed by atoms with Crippen molar-refractivity contribution in [3.8, 4) is 5.75 Å². The second-order valence-corrected chi connectivity index (χ2v) is 6.12. The minimum Gasteiger partial charge on any atom is -0.495 e. The van der Waals surface area contributed by atoms with Crippen molar-refractivity contribution in [1.29, 1.82) is 0 Å². The van der Waals surface area contributed by atoms with E-state index in [4.69, 9.17) is 4.74 Å². The molecule has 110 valence electrons. The van der Waals surface area contributed by atoms with Crippen LogP contribution in [0.4, 0.5) is 5.69 Å². The number of methoxy groups -OCH3 is 1. The van der Waals surface area contributed by atoms with E-state index in [1.165, 1.54) is 11.1 Å². The quantitative estimate of drug-likeness (QED) is 0.877. The number of benzene rings is 2. The van der Waals surface area contributed by atoms with Crippen LogP contribution < -0.4 is 15.4 Å². The largest absolute Gasteiger partial charge is 0.495 e. The van der Waals surface area contributed by atoms with Gasteiger partial charge in [-0.1, -0.05) is 40.2 Å². The summed E-state index contributed by atoms with van der Waals surface area (Å²) in [5, 5.41) is 7.12. The van der Waals surface area contributed by atoms with Crippen LogP contribution in [0.2, 0.25) is 0 Å². The van der Waals surface area contributed by atoms with E-state index in [1.807, 2.05) is 12.1 Å². The van der Waals surface area contributed by atoms with Crippen LogP contribution in [-0.4, -0.2) is 13.7 Å². The average Bonchev–Trinajstić information content (AvgIpc) is 2.70. The smallest absolute Gasteiger partial charge is 0.142 e. The van der Waals surface area contributed by atoms with E-state index in [0.717, 1.165) is 35.4 Å². The van der Waals surface area contributed by atoms with Crippen molar-refractivity contribution in [1.82, 2.24) is 5.32 Å². The maximum atomic E-state index is 5.46. The Labute approximate surface area is 133 Å². The van der Waals surface area contributed by atoms with Gasteiger partial charge in [0.15, 0.2) is 0 Å². The number of halogens is 1. The molecule has 3 nitrogen and oxygen atoms in total. The summed E-state index contributed by atoms with van der Waals surface area (Å²) in [6.07, 6.45) is 1.05. The molecule has 1 heterocycles. The van der Waals surface area contributed by atoms with Crippen molar-refractivity contribution in [3.63, 3.8) is 0 Å². The van der Waals surface area contributed by atoms with E-state index in [0.29, 0.717) is 6.04 Å². The second kappa shape index (κ2) is 6.50. The Morgan fingerprint density at radius 2 is 2.10 bits per heavy atom. The molecule has 0 spiro atoms. The van der Waals surface area contributed by atoms with Gasteiger partial charge in [-0.05, 0) is 42.3 Å². The summed E-state index contributed by atoms with van der Waals surface area (Å²) in [5.41, 5.74) is 3.75. The molecule has 2 aromatic carbocycles. The van der Waals surface area contributed by atoms with Crippen molar-refractivity contribution in [3.05, 3.63) is 58.1 Å². The highest BCUT2D eigenvalue weighted by Crippen LogP contribution is 2.33. The third-order valence-corrected chi connectivity index (χ3v) is 4.34. The van der Waals surface area contributed by atoms with Gasteiger partial charge in [0.05, 0.1) is 18.8 Å². The molecule has 0 radical (unpaired) electrons. The third-order valence-electron chi connectivity index (χ3n) is 3.85. The van der Waals surface area contributed by atoms with Crippen LogP contribution in [-0.2, 0) is 6.54 Å². The number of nitrogens with one attached hydrogen (secondary N) is 2. The standard InChI is InChI=1S/C17H19BrN2O/c1-21-17-7-6-13(18)10-16(17)20-15-8-9-19-11-12-4-2-3-5-14(12)15/h2-7,10,15,19-20H,8-9,11H2,1H3. The number of rotatable bonds is 3. The van der Waals surface area contributed by atoms with Gasteiger partial charge >= 0.3 is 0 Å². The first-order valence-electron chi connectivity index (χ1n) is 7.16. The van der Waals surface area contributed by atoms with Gasteiger partial charge in [0, 0.05) is 11.0 Å². The highest BCUT2D eigenvalue weighted by Gasteiger charge is 2.19. The molecule has 1 aliphatic heterocycles. The Morgan fingerprint density at radius 3 is 2.95 bits per heavy atom. The minimum atomic E-state index is 0.291. The lowest BCUT2D eigenvalue weighted by Crippen LogP contribution is -2.15. The van der Waals surface area contributed by atoms with Crippen LogP contribution in [0.5, 0.6) is 5.75 Å². The van der Waals surface area contributed by atoms with Gasteiger partial charge in [-0.15, -0.1) is 0 Å². The minimum absolute atomic E-state index is 0.291. The fourth-order valence-electron chi connectivity index (χ4n) is 2.79. The lowest BCUT2D eigenvalue weighted by atomic mass is 9.99. The second-order valence-electron chi connectivity index (χ2n) is 5.21. The molecule has 0 amide bonds. The van der Waals surface area contributed by atoms with Gasteiger partial charge in [0.2, 0.25) is 0 Å². The van der Waals surface area contributed by atoms with E-state index >= 15 is 0 Å². The third kappa shape index (κ3) is 3.22. The molecule has 2 N–H and O–H groups in total. The van der Waals surface area contributed by atoms with Crippen molar-refractivity contribution in [2.75, 3.05) is 19.0 Å². The Morgan fingerprint density at radius 1 is 1.24 bits per heavy atom. The molecule has 2 aromatic rings. The van der Waals surface area contributed by atoms with Crippen molar-refractivity contribution in [2.24, 2.45) is 0 Å². The van der Waals surface area contributed by atoms with Crippen LogP contribution in [0.25, 0.3) is 0 Å². The lowest BCUT2D eigenvalue weighted by Gasteiger charge is -2.22. The van der Waals surface area contributed by atoms with Gasteiger partial charge < -0.3 is 15.4 Å². The zero-order chi connectivity index (χ0) is 14.7. The summed E-state index contributed by atoms with van der Waals surface area (Å²) < 4.78 is 6.51. The van der Waals surface area contributed by atoms with E-state index < -0.39 is 0 Å². The molecule has 1 unspecified atom stereocenters. The molecule has 3 rings (SSSR count). The van der Waals surface area contributed by atoms with Crippen molar-refractivity contribution < 1.29 is 4.74 Å². The van der Waals surface area contributed by atoms with Crippen LogP contribution in [0.3, 0.4) is 0 Å². The lowest BCUT2D eigenvalue weighted by molar-refractivity contribution is 0.415. The maximum Gasteiger partial charge on any atom is 0.142 e. The van der Waals surface area contributed by atoms with E-state index in [1.54, 1.807) is 7.11 Å². The topological polar surface area (TPSA) is 33.3 Å². The summed E-state index contributed by atoms with van der Waals surface area (Å²) in [7, 11) is 1.71. The molecule has 0 bridgehead atoms. The molecule has 0 fully saturated rings. The Balaban J connectivity index is 1.93. The van der Waals surface area contributed by atoms with E-state index in [-0.39, 0.29) is 0 Å². The number of ether oxygens (including phenoxy) is 1. The highest BCUT2D eigenvalue weighted by atomic mass is 79.9. The Bertz CT molecular complexity index is 630. The molecule has 4 heteroatoms. The summed E-state index contributed by atoms with van der Waals surface area (Å²) in [5.74, 6) is 0.868. The van der Waals surface area contributed by atoms with Gasteiger partial charge in [0.1, 0.15) is 5.75 Å². The first kappa shape index (κ1) is 14.4. The predicted octanol–water partition coefficient (Wildman–Crippen LogP) is 4.10. The monoisotopic (exact) mass is 346 g/mol. The first-order chi connectivity index (χ1) is 10.3.